The minimum atomic E-state index is -1.31. The highest BCUT2D eigenvalue weighted by Gasteiger charge is 2.65. The van der Waals surface area contributed by atoms with E-state index in [1.54, 1.807) is 0 Å². The van der Waals surface area contributed by atoms with Crippen LogP contribution in [0.1, 0.15) is 6.42 Å². The Morgan fingerprint density at radius 1 is 1.29 bits per heavy atom. The number of hydrogen-bond donors (Lipinski definition) is 5. The average molecular weight is 205 g/mol. The first-order valence-electron chi connectivity index (χ1n) is 4.61. The van der Waals surface area contributed by atoms with Crippen LogP contribution in [0.4, 0.5) is 0 Å². The largest absolute Gasteiger partial charge is 0.394 e. The Kier molecular flexibility index (Phi) is 2.30. The van der Waals surface area contributed by atoms with Crippen LogP contribution in [-0.2, 0) is 4.74 Å². The third-order valence-electron chi connectivity index (χ3n) is 3.11. The van der Waals surface area contributed by atoms with E-state index in [1.807, 2.05) is 0 Å². The second-order valence-corrected chi connectivity index (χ2v) is 4.03. The fraction of sp³-hybridized carbons (Fsp3) is 1.00. The van der Waals surface area contributed by atoms with Gasteiger partial charge in [0.1, 0.15) is 30.0 Å². The molecule has 1 saturated carbocycles. The van der Waals surface area contributed by atoms with Gasteiger partial charge in [-0.05, 0) is 6.42 Å². The fourth-order valence-electron chi connectivity index (χ4n) is 2.02. The zero-order chi connectivity index (χ0) is 10.5. The Labute approximate surface area is 80.9 Å². The maximum atomic E-state index is 9.63. The molecule has 2 fully saturated rings. The molecule has 0 aromatic rings. The summed E-state index contributed by atoms with van der Waals surface area (Å²) in [6.07, 6.45) is -4.20. The van der Waals surface area contributed by atoms with Crippen molar-refractivity contribution in [2.75, 3.05) is 6.61 Å². The summed E-state index contributed by atoms with van der Waals surface area (Å²) in [6, 6.07) is -0.339. The van der Waals surface area contributed by atoms with E-state index in [-0.39, 0.29) is 6.04 Å². The maximum Gasteiger partial charge on any atom is 0.114 e. The van der Waals surface area contributed by atoms with Gasteiger partial charge in [0, 0.05) is 6.04 Å². The van der Waals surface area contributed by atoms with Gasteiger partial charge in [0.15, 0.2) is 0 Å². The lowest BCUT2D eigenvalue weighted by molar-refractivity contribution is -0.241. The Morgan fingerprint density at radius 2 is 1.86 bits per heavy atom. The number of aliphatic hydroxyl groups is 4. The van der Waals surface area contributed by atoms with Crippen LogP contribution in [-0.4, -0.2) is 63.1 Å². The predicted octanol–water partition coefficient (Wildman–Crippen LogP) is -3.07. The van der Waals surface area contributed by atoms with E-state index in [0.717, 1.165) is 0 Å². The highest BCUT2D eigenvalue weighted by atomic mass is 16.6. The summed E-state index contributed by atoms with van der Waals surface area (Å²) < 4.78 is 5.31. The molecule has 1 spiro atoms. The van der Waals surface area contributed by atoms with Crippen LogP contribution < -0.4 is 5.73 Å². The van der Waals surface area contributed by atoms with E-state index in [2.05, 4.69) is 0 Å². The van der Waals surface area contributed by atoms with Crippen LogP contribution in [0, 0.1) is 0 Å². The third-order valence-corrected chi connectivity index (χ3v) is 3.11. The summed E-state index contributed by atoms with van der Waals surface area (Å²) in [5.41, 5.74) is 4.62. The quantitative estimate of drug-likeness (QED) is 0.310. The molecule has 0 aromatic heterocycles. The second-order valence-electron chi connectivity index (χ2n) is 4.03. The predicted molar refractivity (Wildman–Crippen MR) is 45.3 cm³/mol. The van der Waals surface area contributed by atoms with Crippen molar-refractivity contribution in [2.45, 2.75) is 42.5 Å². The van der Waals surface area contributed by atoms with Crippen molar-refractivity contribution >= 4 is 0 Å². The molecule has 2 rings (SSSR count). The van der Waals surface area contributed by atoms with Gasteiger partial charge in [-0.25, -0.2) is 0 Å². The summed E-state index contributed by atoms with van der Waals surface area (Å²) in [5, 5.41) is 37.4. The number of aliphatic hydroxyl groups excluding tert-OH is 4. The van der Waals surface area contributed by atoms with Gasteiger partial charge in [-0.2, -0.15) is 0 Å². The first-order valence-corrected chi connectivity index (χ1v) is 4.61. The number of rotatable bonds is 1. The van der Waals surface area contributed by atoms with Crippen LogP contribution in [0.15, 0.2) is 0 Å². The van der Waals surface area contributed by atoms with E-state index < -0.39 is 36.6 Å². The molecule has 0 unspecified atom stereocenters. The van der Waals surface area contributed by atoms with Gasteiger partial charge in [0.2, 0.25) is 0 Å². The first kappa shape index (κ1) is 10.3. The van der Waals surface area contributed by atoms with Crippen molar-refractivity contribution in [3.63, 3.8) is 0 Å². The smallest absolute Gasteiger partial charge is 0.114 e. The normalized spacial score (nSPS) is 57.6. The van der Waals surface area contributed by atoms with E-state index in [0.29, 0.717) is 6.42 Å². The highest BCUT2D eigenvalue weighted by molar-refractivity contribution is 5.19. The van der Waals surface area contributed by atoms with E-state index >= 15 is 0 Å². The molecule has 6 atom stereocenters. The van der Waals surface area contributed by atoms with Gasteiger partial charge >= 0.3 is 0 Å². The summed E-state index contributed by atoms with van der Waals surface area (Å²) in [4.78, 5) is 0. The van der Waals surface area contributed by atoms with Crippen molar-refractivity contribution in [3.8, 4) is 0 Å². The zero-order valence-electron chi connectivity index (χ0n) is 7.58. The lowest BCUT2D eigenvalue weighted by atomic mass is 9.93. The van der Waals surface area contributed by atoms with Crippen LogP contribution >= 0.6 is 0 Å². The van der Waals surface area contributed by atoms with Crippen LogP contribution in [0.25, 0.3) is 0 Å². The molecule has 0 bridgehead atoms. The van der Waals surface area contributed by atoms with Crippen molar-refractivity contribution in [1.82, 2.24) is 0 Å². The minimum Gasteiger partial charge on any atom is -0.394 e. The molecule has 6 N–H and O–H groups in total. The topological polar surface area (TPSA) is 116 Å². The molecule has 1 aliphatic heterocycles. The molecule has 0 radical (unpaired) electrons. The molecule has 82 valence electrons. The molecule has 1 aliphatic carbocycles. The highest BCUT2D eigenvalue weighted by Crippen LogP contribution is 2.47. The summed E-state index contributed by atoms with van der Waals surface area (Å²) in [7, 11) is 0. The Balaban J connectivity index is 2.16. The molecular weight excluding hydrogens is 190 g/mol. The molecule has 6 heteroatoms. The standard InChI is InChI=1S/C8H15NO5/c9-4-1-8(4)7(13)6(12)5(11)3(2-10)14-8/h3-7,10-13H,1-2,9H2/t3-,4-,5-,6+,7+,8+/m1/s1. The second kappa shape index (κ2) is 3.13. The zero-order valence-corrected chi connectivity index (χ0v) is 7.58. The molecular formula is C8H15NO5. The molecule has 2 aliphatic rings. The minimum absolute atomic E-state index is 0.339. The lowest BCUT2D eigenvalue weighted by Crippen LogP contribution is -2.61. The third kappa shape index (κ3) is 1.19. The van der Waals surface area contributed by atoms with Gasteiger partial charge in [0.25, 0.3) is 0 Å². The van der Waals surface area contributed by atoms with Crippen LogP contribution in [0.3, 0.4) is 0 Å². The van der Waals surface area contributed by atoms with Gasteiger partial charge in [-0.3, -0.25) is 0 Å². The molecule has 6 nitrogen and oxygen atoms in total. The first-order chi connectivity index (χ1) is 6.53. The number of ether oxygens (including phenoxy) is 1. The summed E-state index contributed by atoms with van der Waals surface area (Å²) >= 11 is 0. The lowest BCUT2D eigenvalue weighted by Gasteiger charge is -2.41. The van der Waals surface area contributed by atoms with Gasteiger partial charge in [-0.1, -0.05) is 0 Å². The van der Waals surface area contributed by atoms with E-state index in [1.165, 1.54) is 0 Å². The van der Waals surface area contributed by atoms with Gasteiger partial charge in [0.05, 0.1) is 6.61 Å². The molecule has 0 aromatic carbocycles. The van der Waals surface area contributed by atoms with Crippen molar-refractivity contribution in [1.29, 1.82) is 0 Å². The summed E-state index contributed by atoms with van der Waals surface area (Å²) in [5.74, 6) is 0. The average Bonchev–Trinajstić information content (AvgIpc) is 2.81. The van der Waals surface area contributed by atoms with E-state index in [4.69, 9.17) is 15.6 Å². The van der Waals surface area contributed by atoms with Crippen molar-refractivity contribution < 1.29 is 25.2 Å². The van der Waals surface area contributed by atoms with Crippen molar-refractivity contribution in [2.24, 2.45) is 5.73 Å². The summed E-state index contributed by atoms with van der Waals surface area (Å²) in [6.45, 7) is -0.403. The maximum absolute atomic E-state index is 9.63. The SMILES string of the molecule is N[C@@H]1C[C@]12O[C@H](CO)[C@@H](O)[C@H](O)[C@@H]2O. The number of hydrogen-bond acceptors (Lipinski definition) is 6. The number of nitrogens with two attached hydrogens (primary N) is 1. The molecule has 1 saturated heterocycles. The Hall–Kier alpha value is -0.240. The monoisotopic (exact) mass is 205 g/mol. The Bertz CT molecular complexity index is 236. The van der Waals surface area contributed by atoms with E-state index in [9.17, 15) is 15.3 Å². The van der Waals surface area contributed by atoms with Crippen molar-refractivity contribution in [3.05, 3.63) is 0 Å². The molecule has 0 amide bonds. The molecule has 1 heterocycles. The fourth-order valence-corrected chi connectivity index (χ4v) is 2.02. The van der Waals surface area contributed by atoms with Gasteiger partial charge < -0.3 is 30.9 Å². The van der Waals surface area contributed by atoms with Crippen LogP contribution in [0.2, 0.25) is 0 Å². The molecule has 14 heavy (non-hydrogen) atoms. The van der Waals surface area contributed by atoms with Gasteiger partial charge in [-0.15, -0.1) is 0 Å². The Morgan fingerprint density at radius 3 is 2.29 bits per heavy atom. The van der Waals surface area contributed by atoms with Crippen LogP contribution in [0.5, 0.6) is 0 Å².